The first-order valence-electron chi connectivity index (χ1n) is 10.5. The molecule has 1 N–H and O–H groups in total. The van der Waals surface area contributed by atoms with Crippen LogP contribution >= 0.6 is 0 Å². The molecule has 0 atom stereocenters. The minimum absolute atomic E-state index is 0.0884. The van der Waals surface area contributed by atoms with Crippen LogP contribution in [0, 0.1) is 13.8 Å². The number of rotatable bonds is 5. The molecule has 0 radical (unpaired) electrons. The topological polar surface area (TPSA) is 92.1 Å². The maximum absolute atomic E-state index is 12.8. The maximum Gasteiger partial charge on any atom is 0.239 e. The Labute approximate surface area is 182 Å². The van der Waals surface area contributed by atoms with Crippen molar-refractivity contribution >= 4 is 11.7 Å². The number of nitrogens with zero attached hydrogens (tertiary/aromatic N) is 7. The van der Waals surface area contributed by atoms with E-state index in [1.165, 1.54) is 0 Å². The van der Waals surface area contributed by atoms with Crippen LogP contribution < -0.4 is 5.32 Å². The lowest BCUT2D eigenvalue weighted by atomic mass is 10.3. The molecule has 9 nitrogen and oxygen atoms in total. The number of aryl methyl sites for hydroxylation is 2. The van der Waals surface area contributed by atoms with Crippen LogP contribution in [-0.4, -0.2) is 80.2 Å². The number of hydrogen-bond donors (Lipinski definition) is 1. The Morgan fingerprint density at radius 3 is 2.71 bits per heavy atom. The van der Waals surface area contributed by atoms with Gasteiger partial charge in [0, 0.05) is 31.0 Å². The molecule has 1 aliphatic rings. The van der Waals surface area contributed by atoms with Crippen molar-refractivity contribution in [2.75, 3.05) is 45.1 Å². The van der Waals surface area contributed by atoms with Gasteiger partial charge in [-0.2, -0.15) is 5.10 Å². The molecule has 4 rings (SSSR count). The highest BCUT2D eigenvalue weighted by Crippen LogP contribution is 2.19. The van der Waals surface area contributed by atoms with E-state index in [-0.39, 0.29) is 5.91 Å². The van der Waals surface area contributed by atoms with Crippen LogP contribution in [0.1, 0.15) is 17.8 Å². The largest absolute Gasteiger partial charge is 0.309 e. The van der Waals surface area contributed by atoms with Gasteiger partial charge < -0.3 is 10.2 Å². The molecule has 0 unspecified atom stereocenters. The summed E-state index contributed by atoms with van der Waals surface area (Å²) in [4.78, 5) is 30.8. The fourth-order valence-corrected chi connectivity index (χ4v) is 3.72. The van der Waals surface area contributed by atoms with Crippen LogP contribution in [0.5, 0.6) is 0 Å². The minimum Gasteiger partial charge on any atom is -0.309 e. The van der Waals surface area contributed by atoms with E-state index in [2.05, 4.69) is 42.2 Å². The van der Waals surface area contributed by atoms with Crippen molar-refractivity contribution < 1.29 is 4.79 Å². The molecule has 3 aromatic rings. The lowest BCUT2D eigenvalue weighted by molar-refractivity contribution is -0.117. The van der Waals surface area contributed by atoms with Crippen molar-refractivity contribution in [3.05, 3.63) is 47.9 Å². The van der Waals surface area contributed by atoms with Crippen molar-refractivity contribution in [3.8, 4) is 17.3 Å². The second kappa shape index (κ2) is 9.32. The third kappa shape index (κ3) is 5.31. The second-order valence-electron chi connectivity index (χ2n) is 7.97. The molecule has 0 aliphatic carbocycles. The summed E-state index contributed by atoms with van der Waals surface area (Å²) in [5, 5.41) is 7.48. The van der Waals surface area contributed by atoms with Gasteiger partial charge in [0.15, 0.2) is 11.6 Å². The van der Waals surface area contributed by atoms with E-state index >= 15 is 0 Å². The van der Waals surface area contributed by atoms with Gasteiger partial charge in [-0.1, -0.05) is 6.07 Å². The zero-order valence-corrected chi connectivity index (χ0v) is 18.2. The first kappa shape index (κ1) is 21.1. The Morgan fingerprint density at radius 1 is 1.10 bits per heavy atom. The number of aromatic nitrogens is 5. The molecule has 1 saturated heterocycles. The van der Waals surface area contributed by atoms with Gasteiger partial charge in [-0.15, -0.1) is 0 Å². The molecule has 0 aromatic carbocycles. The SMILES string of the molecule is Cc1cc(C)n(-c2cc(NC(=O)CN3CCCN(C)CC3)nc(-c3ccccn3)n2)n1. The van der Waals surface area contributed by atoms with Crippen molar-refractivity contribution in [1.29, 1.82) is 0 Å². The molecule has 9 heteroatoms. The van der Waals surface area contributed by atoms with E-state index in [1.54, 1.807) is 16.9 Å². The molecular formula is C22H28N8O. The van der Waals surface area contributed by atoms with Crippen LogP contribution in [0.25, 0.3) is 17.3 Å². The molecule has 0 saturated carbocycles. The monoisotopic (exact) mass is 420 g/mol. The van der Waals surface area contributed by atoms with E-state index in [9.17, 15) is 4.79 Å². The summed E-state index contributed by atoms with van der Waals surface area (Å²) in [6, 6.07) is 9.31. The van der Waals surface area contributed by atoms with Crippen LogP contribution in [0.15, 0.2) is 36.5 Å². The summed E-state index contributed by atoms with van der Waals surface area (Å²) in [5.74, 6) is 1.38. The third-order valence-corrected chi connectivity index (χ3v) is 5.28. The van der Waals surface area contributed by atoms with Crippen molar-refractivity contribution in [3.63, 3.8) is 0 Å². The number of carbonyl (C=O) groups excluding carboxylic acids is 1. The molecule has 1 aliphatic heterocycles. The summed E-state index contributed by atoms with van der Waals surface area (Å²) >= 11 is 0. The Balaban J connectivity index is 1.59. The quantitative estimate of drug-likeness (QED) is 0.674. The summed E-state index contributed by atoms with van der Waals surface area (Å²) < 4.78 is 1.75. The number of amides is 1. The second-order valence-corrected chi connectivity index (χ2v) is 7.97. The molecule has 162 valence electrons. The standard InChI is InChI=1S/C22H28N8O/c1-16-13-17(2)30(27-16)20-14-19(25-22(26-20)18-7-4-5-8-23-18)24-21(31)15-29-10-6-9-28(3)11-12-29/h4-5,7-8,13-14H,6,9-12,15H2,1-3H3,(H,24,25,26,31). The number of pyridine rings is 1. The number of hydrogen-bond acceptors (Lipinski definition) is 7. The number of likely N-dealkylation sites (N-methyl/N-ethyl adjacent to an activating group) is 1. The smallest absolute Gasteiger partial charge is 0.239 e. The zero-order chi connectivity index (χ0) is 21.8. The summed E-state index contributed by atoms with van der Waals surface area (Å²) in [5.41, 5.74) is 2.48. The van der Waals surface area contributed by atoms with E-state index < -0.39 is 0 Å². The van der Waals surface area contributed by atoms with Crippen molar-refractivity contribution in [1.82, 2.24) is 34.5 Å². The fraction of sp³-hybridized carbons (Fsp3) is 0.409. The first-order chi connectivity index (χ1) is 15.0. The molecule has 0 spiro atoms. The molecule has 3 aromatic heterocycles. The van der Waals surface area contributed by atoms with Gasteiger partial charge in [-0.05, 0) is 58.6 Å². The van der Waals surface area contributed by atoms with Gasteiger partial charge in [0.2, 0.25) is 5.91 Å². The Hall–Kier alpha value is -3.17. The van der Waals surface area contributed by atoms with Crippen LogP contribution in [0.4, 0.5) is 5.82 Å². The molecule has 31 heavy (non-hydrogen) atoms. The maximum atomic E-state index is 12.8. The predicted molar refractivity (Wildman–Crippen MR) is 119 cm³/mol. The number of anilines is 1. The van der Waals surface area contributed by atoms with Gasteiger partial charge in [-0.25, -0.2) is 14.6 Å². The van der Waals surface area contributed by atoms with Gasteiger partial charge in [-0.3, -0.25) is 14.7 Å². The fourth-order valence-electron chi connectivity index (χ4n) is 3.72. The highest BCUT2D eigenvalue weighted by atomic mass is 16.2. The van der Waals surface area contributed by atoms with Crippen LogP contribution in [0.2, 0.25) is 0 Å². The average Bonchev–Trinajstić information content (AvgIpc) is 2.96. The highest BCUT2D eigenvalue weighted by molar-refractivity contribution is 5.91. The van der Waals surface area contributed by atoms with Crippen molar-refractivity contribution in [2.24, 2.45) is 0 Å². The van der Waals surface area contributed by atoms with Crippen LogP contribution in [0.3, 0.4) is 0 Å². The van der Waals surface area contributed by atoms with Gasteiger partial charge in [0.25, 0.3) is 0 Å². The highest BCUT2D eigenvalue weighted by Gasteiger charge is 2.17. The summed E-state index contributed by atoms with van der Waals surface area (Å²) in [6.45, 7) is 8.06. The predicted octanol–water partition coefficient (Wildman–Crippen LogP) is 1.92. The van der Waals surface area contributed by atoms with Gasteiger partial charge >= 0.3 is 0 Å². The molecule has 4 heterocycles. The minimum atomic E-state index is -0.0884. The molecule has 1 fully saturated rings. The zero-order valence-electron chi connectivity index (χ0n) is 18.2. The number of carbonyl (C=O) groups is 1. The lowest BCUT2D eigenvalue weighted by Gasteiger charge is -2.19. The Kier molecular flexibility index (Phi) is 6.34. The molecule has 1 amide bonds. The lowest BCUT2D eigenvalue weighted by Crippen LogP contribution is -2.36. The molecular weight excluding hydrogens is 392 g/mol. The van der Waals surface area contributed by atoms with Gasteiger partial charge in [0.05, 0.1) is 12.2 Å². The van der Waals surface area contributed by atoms with E-state index in [1.807, 2.05) is 38.1 Å². The third-order valence-electron chi connectivity index (χ3n) is 5.28. The van der Waals surface area contributed by atoms with Crippen molar-refractivity contribution in [2.45, 2.75) is 20.3 Å². The Bertz CT molecular complexity index is 1050. The van der Waals surface area contributed by atoms with E-state index in [4.69, 9.17) is 0 Å². The first-order valence-corrected chi connectivity index (χ1v) is 10.5. The van der Waals surface area contributed by atoms with Crippen LogP contribution in [-0.2, 0) is 4.79 Å². The summed E-state index contributed by atoms with van der Waals surface area (Å²) in [7, 11) is 2.12. The normalized spacial score (nSPS) is 15.6. The summed E-state index contributed by atoms with van der Waals surface area (Å²) in [6.07, 6.45) is 2.76. The van der Waals surface area contributed by atoms with Gasteiger partial charge in [0.1, 0.15) is 11.5 Å². The molecule has 0 bridgehead atoms. The van der Waals surface area contributed by atoms with E-state index in [0.29, 0.717) is 29.7 Å². The number of nitrogens with one attached hydrogen (secondary N) is 1. The average molecular weight is 421 g/mol. The Morgan fingerprint density at radius 2 is 1.97 bits per heavy atom. The van der Waals surface area contributed by atoms with E-state index in [0.717, 1.165) is 44.0 Å².